The summed E-state index contributed by atoms with van der Waals surface area (Å²) >= 11 is 6.07. The van der Waals surface area contributed by atoms with Crippen molar-refractivity contribution < 1.29 is 9.59 Å². The van der Waals surface area contributed by atoms with Crippen LogP contribution in [0.3, 0.4) is 0 Å². The van der Waals surface area contributed by atoms with E-state index in [-0.39, 0.29) is 12.2 Å². The number of ketones is 1. The van der Waals surface area contributed by atoms with Crippen LogP contribution in [0.2, 0.25) is 5.02 Å². The number of fused-ring (bicyclic) bond motifs is 1. The molecule has 3 rings (SSSR count). The molecule has 0 unspecified atom stereocenters. The van der Waals surface area contributed by atoms with Crippen LogP contribution in [0.5, 0.6) is 0 Å². The van der Waals surface area contributed by atoms with E-state index in [1.165, 1.54) is 0 Å². The summed E-state index contributed by atoms with van der Waals surface area (Å²) in [6.07, 6.45) is 0.158. The molecule has 0 aliphatic rings. The number of benzene rings is 2. The Balaban J connectivity index is 2.13. The summed E-state index contributed by atoms with van der Waals surface area (Å²) in [7, 11) is 0. The van der Waals surface area contributed by atoms with E-state index in [9.17, 15) is 9.59 Å². The van der Waals surface area contributed by atoms with E-state index in [2.05, 4.69) is 0 Å². The zero-order chi connectivity index (χ0) is 16.4. The van der Waals surface area contributed by atoms with E-state index in [1.807, 2.05) is 30.3 Å². The van der Waals surface area contributed by atoms with Gasteiger partial charge in [0.05, 0.1) is 11.2 Å². The highest BCUT2D eigenvalue weighted by Gasteiger charge is 2.17. The van der Waals surface area contributed by atoms with Gasteiger partial charge >= 0.3 is 0 Å². The second-order valence-corrected chi connectivity index (χ2v) is 5.73. The van der Waals surface area contributed by atoms with Crippen molar-refractivity contribution in [2.45, 2.75) is 13.0 Å². The minimum absolute atomic E-state index is 0.0950. The largest absolute Gasteiger partial charge is 0.370 e. The smallest absolute Gasteiger partial charge is 0.219 e. The SMILES string of the molecule is NC(=O)CCn1c(C(=O)c2ccccc2)cc2ccc(Cl)cc21. The summed E-state index contributed by atoms with van der Waals surface area (Å²) in [6, 6.07) is 16.3. The van der Waals surface area contributed by atoms with Crippen molar-refractivity contribution in [1.82, 2.24) is 4.57 Å². The predicted molar refractivity (Wildman–Crippen MR) is 90.6 cm³/mol. The van der Waals surface area contributed by atoms with Gasteiger partial charge in [0.1, 0.15) is 0 Å². The molecule has 1 amide bonds. The van der Waals surface area contributed by atoms with E-state index in [1.54, 1.807) is 28.8 Å². The molecule has 5 heteroatoms. The molecule has 0 fully saturated rings. The highest BCUT2D eigenvalue weighted by molar-refractivity contribution is 6.31. The fourth-order valence-electron chi connectivity index (χ4n) is 2.62. The second-order valence-electron chi connectivity index (χ2n) is 5.30. The number of halogens is 1. The van der Waals surface area contributed by atoms with Gasteiger partial charge in [-0.25, -0.2) is 0 Å². The van der Waals surface area contributed by atoms with Crippen molar-refractivity contribution in [3.63, 3.8) is 0 Å². The van der Waals surface area contributed by atoms with E-state index in [0.29, 0.717) is 22.8 Å². The second kappa shape index (κ2) is 6.26. The van der Waals surface area contributed by atoms with Gasteiger partial charge in [-0.05, 0) is 18.2 Å². The summed E-state index contributed by atoms with van der Waals surface area (Å²) in [4.78, 5) is 23.9. The van der Waals surface area contributed by atoms with Crippen LogP contribution in [-0.2, 0) is 11.3 Å². The van der Waals surface area contributed by atoms with Gasteiger partial charge in [0, 0.05) is 28.9 Å². The molecule has 0 aliphatic heterocycles. The Kier molecular flexibility index (Phi) is 4.17. The molecular formula is C18H15ClN2O2. The third-order valence-corrected chi connectivity index (χ3v) is 3.95. The van der Waals surface area contributed by atoms with Crippen LogP contribution in [-0.4, -0.2) is 16.3 Å². The van der Waals surface area contributed by atoms with E-state index in [0.717, 1.165) is 10.9 Å². The lowest BCUT2D eigenvalue weighted by molar-refractivity contribution is -0.118. The monoisotopic (exact) mass is 326 g/mol. The molecule has 0 atom stereocenters. The number of amides is 1. The van der Waals surface area contributed by atoms with Crippen LogP contribution in [0, 0.1) is 0 Å². The minimum Gasteiger partial charge on any atom is -0.370 e. The van der Waals surface area contributed by atoms with Crippen LogP contribution < -0.4 is 5.73 Å². The maximum Gasteiger partial charge on any atom is 0.219 e. The maximum absolute atomic E-state index is 12.8. The van der Waals surface area contributed by atoms with Gasteiger partial charge in [-0.3, -0.25) is 9.59 Å². The van der Waals surface area contributed by atoms with Crippen molar-refractivity contribution >= 4 is 34.2 Å². The molecule has 23 heavy (non-hydrogen) atoms. The van der Waals surface area contributed by atoms with E-state index in [4.69, 9.17) is 17.3 Å². The van der Waals surface area contributed by atoms with Crippen LogP contribution in [0.1, 0.15) is 22.5 Å². The number of hydrogen-bond donors (Lipinski definition) is 1. The molecule has 116 valence electrons. The average Bonchev–Trinajstić information content (AvgIpc) is 2.90. The molecule has 0 spiro atoms. The Hall–Kier alpha value is -2.59. The number of nitrogens with two attached hydrogens (primary N) is 1. The van der Waals surface area contributed by atoms with Gasteiger partial charge in [0.2, 0.25) is 11.7 Å². The number of nitrogens with zero attached hydrogens (tertiary/aromatic N) is 1. The molecule has 0 radical (unpaired) electrons. The number of primary amides is 1. The van der Waals surface area contributed by atoms with Gasteiger partial charge in [0.25, 0.3) is 0 Å². The third kappa shape index (κ3) is 3.12. The molecule has 0 saturated heterocycles. The Labute approximate surface area is 138 Å². The van der Waals surface area contributed by atoms with Gasteiger partial charge in [-0.2, -0.15) is 0 Å². The highest BCUT2D eigenvalue weighted by atomic mass is 35.5. The maximum atomic E-state index is 12.8. The molecule has 1 aromatic heterocycles. The first kappa shape index (κ1) is 15.3. The fraction of sp³-hybridized carbons (Fsp3) is 0.111. The number of carbonyl (C=O) groups excluding carboxylic acids is 2. The molecule has 0 aliphatic carbocycles. The van der Waals surface area contributed by atoms with Crippen LogP contribution in [0.15, 0.2) is 54.6 Å². The Morgan fingerprint density at radius 1 is 1.04 bits per heavy atom. The van der Waals surface area contributed by atoms with Gasteiger partial charge in [-0.1, -0.05) is 48.0 Å². The van der Waals surface area contributed by atoms with Crippen molar-refractivity contribution in [2.24, 2.45) is 5.73 Å². The summed E-state index contributed by atoms with van der Waals surface area (Å²) in [5.41, 5.74) is 7.20. The predicted octanol–water partition coefficient (Wildman–Crippen LogP) is 3.40. The molecule has 0 saturated carbocycles. The van der Waals surface area contributed by atoms with E-state index < -0.39 is 5.91 Å². The Bertz CT molecular complexity index is 885. The van der Waals surface area contributed by atoms with Crippen molar-refractivity contribution in [3.8, 4) is 0 Å². The lowest BCUT2D eigenvalue weighted by Gasteiger charge is -2.09. The standard InChI is InChI=1S/C18H15ClN2O2/c19-14-7-6-13-10-16(18(23)12-4-2-1-3-5-12)21(15(13)11-14)9-8-17(20)22/h1-7,10-11H,8-9H2,(H2,20,22). The molecular weight excluding hydrogens is 312 g/mol. The van der Waals surface area contributed by atoms with E-state index >= 15 is 0 Å². The topological polar surface area (TPSA) is 65.1 Å². The van der Waals surface area contributed by atoms with Gasteiger partial charge in [-0.15, -0.1) is 0 Å². The molecule has 4 nitrogen and oxygen atoms in total. The van der Waals surface area contributed by atoms with Gasteiger partial charge in [0.15, 0.2) is 0 Å². The van der Waals surface area contributed by atoms with Crippen LogP contribution in [0.4, 0.5) is 0 Å². The zero-order valence-corrected chi connectivity index (χ0v) is 13.1. The summed E-state index contributed by atoms with van der Waals surface area (Å²) in [5, 5.41) is 1.48. The van der Waals surface area contributed by atoms with Crippen molar-refractivity contribution in [3.05, 3.63) is 70.9 Å². The summed E-state index contributed by atoms with van der Waals surface area (Å²) in [5.74, 6) is -0.505. The third-order valence-electron chi connectivity index (χ3n) is 3.72. The first-order chi connectivity index (χ1) is 11.1. The number of aryl methyl sites for hydroxylation is 1. The van der Waals surface area contributed by atoms with Crippen LogP contribution >= 0.6 is 11.6 Å². The minimum atomic E-state index is -0.410. The summed E-state index contributed by atoms with van der Waals surface area (Å²) < 4.78 is 1.81. The number of rotatable bonds is 5. The first-order valence-corrected chi connectivity index (χ1v) is 7.61. The van der Waals surface area contributed by atoms with Crippen molar-refractivity contribution in [1.29, 1.82) is 0 Å². The summed E-state index contributed by atoms with van der Waals surface area (Å²) in [6.45, 7) is 0.340. The molecule has 1 heterocycles. The fourth-order valence-corrected chi connectivity index (χ4v) is 2.78. The number of hydrogen-bond acceptors (Lipinski definition) is 2. The number of aromatic nitrogens is 1. The van der Waals surface area contributed by atoms with Crippen molar-refractivity contribution in [2.75, 3.05) is 0 Å². The zero-order valence-electron chi connectivity index (χ0n) is 12.3. The molecule has 2 aromatic carbocycles. The first-order valence-electron chi connectivity index (χ1n) is 7.23. The Morgan fingerprint density at radius 2 is 1.78 bits per heavy atom. The van der Waals surface area contributed by atoms with Crippen LogP contribution in [0.25, 0.3) is 10.9 Å². The highest BCUT2D eigenvalue weighted by Crippen LogP contribution is 2.25. The van der Waals surface area contributed by atoms with Gasteiger partial charge < -0.3 is 10.3 Å². The normalized spacial score (nSPS) is 10.8. The average molecular weight is 327 g/mol. The molecule has 2 N–H and O–H groups in total. The number of carbonyl (C=O) groups is 2. The quantitative estimate of drug-likeness (QED) is 0.730. The molecule has 3 aromatic rings. The Morgan fingerprint density at radius 3 is 2.48 bits per heavy atom. The molecule has 0 bridgehead atoms. The lowest BCUT2D eigenvalue weighted by Crippen LogP contribution is -2.16. The lowest BCUT2D eigenvalue weighted by atomic mass is 10.1.